The average Bonchev–Trinajstić information content (AvgIpc) is 2.66. The first-order valence-corrected chi connectivity index (χ1v) is 8.27. The zero-order valence-electron chi connectivity index (χ0n) is 13.9. The monoisotopic (exact) mass is 319 g/mol. The highest BCUT2D eigenvalue weighted by molar-refractivity contribution is 5.56. The van der Waals surface area contributed by atoms with Gasteiger partial charge in [-0.1, -0.05) is 29.2 Å². The zero-order valence-corrected chi connectivity index (χ0v) is 13.9. The lowest BCUT2D eigenvalue weighted by Gasteiger charge is -2.21. The fourth-order valence-electron chi connectivity index (χ4n) is 2.56. The van der Waals surface area contributed by atoms with Gasteiger partial charge in [-0.15, -0.1) is 5.11 Å². The molecule has 24 heavy (non-hydrogen) atoms. The Hall–Kier alpha value is -2.80. The fraction of sp³-hybridized carbons (Fsp3) is 0.300. The molecule has 0 saturated carbocycles. The second-order valence-electron chi connectivity index (χ2n) is 5.70. The number of rotatable bonds is 3. The molecule has 4 nitrogen and oxygen atoms in total. The van der Waals surface area contributed by atoms with Crippen LogP contribution in [0.3, 0.4) is 0 Å². The van der Waals surface area contributed by atoms with E-state index >= 15 is 0 Å². The summed E-state index contributed by atoms with van der Waals surface area (Å²) in [5.74, 6) is 7.19. The Morgan fingerprint density at radius 2 is 1.67 bits per heavy atom. The van der Waals surface area contributed by atoms with E-state index in [1.54, 1.807) is 7.11 Å². The van der Waals surface area contributed by atoms with Gasteiger partial charge in [0.25, 0.3) is 0 Å². The molecule has 0 bridgehead atoms. The zero-order chi connectivity index (χ0) is 16.6. The van der Waals surface area contributed by atoms with Crippen LogP contribution in [0.2, 0.25) is 0 Å². The fourth-order valence-corrected chi connectivity index (χ4v) is 2.56. The molecule has 1 aliphatic rings. The highest BCUT2D eigenvalue weighted by Crippen LogP contribution is 2.20. The molecular weight excluding hydrogens is 298 g/mol. The topological polar surface area (TPSA) is 37.2 Å². The van der Waals surface area contributed by atoms with Crippen LogP contribution in [-0.2, 0) is 0 Å². The van der Waals surface area contributed by atoms with Gasteiger partial charge in [-0.2, -0.15) is 0 Å². The van der Waals surface area contributed by atoms with Gasteiger partial charge >= 0.3 is 0 Å². The molecule has 0 aliphatic carbocycles. The van der Waals surface area contributed by atoms with Crippen molar-refractivity contribution in [3.63, 3.8) is 0 Å². The lowest BCUT2D eigenvalue weighted by atomic mass is 10.1. The van der Waals surface area contributed by atoms with Gasteiger partial charge in [0.1, 0.15) is 11.4 Å². The van der Waals surface area contributed by atoms with Crippen molar-refractivity contribution < 1.29 is 4.74 Å². The molecule has 1 fully saturated rings. The van der Waals surface area contributed by atoms with Gasteiger partial charge in [-0.3, -0.25) is 5.01 Å². The number of nitrogens with zero attached hydrogens (tertiary/aromatic N) is 3. The van der Waals surface area contributed by atoms with Gasteiger partial charge in [0, 0.05) is 18.7 Å². The third kappa shape index (κ3) is 4.36. The number of piperidine rings is 1. The molecule has 0 unspecified atom stereocenters. The Bertz CT molecular complexity index is 750. The summed E-state index contributed by atoms with van der Waals surface area (Å²) in [6.07, 6.45) is 3.67. The van der Waals surface area contributed by atoms with Crippen molar-refractivity contribution in [2.45, 2.75) is 19.3 Å². The molecule has 0 amide bonds. The summed E-state index contributed by atoms with van der Waals surface area (Å²) >= 11 is 0. The van der Waals surface area contributed by atoms with Gasteiger partial charge in [0.2, 0.25) is 0 Å². The summed E-state index contributed by atoms with van der Waals surface area (Å²) in [5, 5.41) is 10.8. The number of hydrogen-bond donors (Lipinski definition) is 0. The molecule has 0 aromatic heterocycles. The van der Waals surface area contributed by atoms with E-state index in [2.05, 4.69) is 22.2 Å². The van der Waals surface area contributed by atoms with Crippen LogP contribution in [0, 0.1) is 11.8 Å². The van der Waals surface area contributed by atoms with E-state index in [4.69, 9.17) is 4.74 Å². The van der Waals surface area contributed by atoms with Gasteiger partial charge in [-0.25, -0.2) is 0 Å². The Balaban J connectivity index is 1.76. The lowest BCUT2D eigenvalue weighted by molar-refractivity contribution is 0.224. The van der Waals surface area contributed by atoms with Crippen LogP contribution in [0.5, 0.6) is 5.75 Å². The second-order valence-corrected chi connectivity index (χ2v) is 5.70. The number of ether oxygens (including phenoxy) is 1. The first kappa shape index (κ1) is 16.1. The minimum Gasteiger partial charge on any atom is -0.497 e. The van der Waals surface area contributed by atoms with Crippen LogP contribution >= 0.6 is 0 Å². The highest BCUT2D eigenvalue weighted by atomic mass is 16.5. The van der Waals surface area contributed by atoms with Crippen molar-refractivity contribution in [3.05, 3.63) is 59.7 Å². The predicted molar refractivity (Wildman–Crippen MR) is 95.4 cm³/mol. The molecule has 1 saturated heterocycles. The van der Waals surface area contributed by atoms with Gasteiger partial charge in [0.05, 0.1) is 12.7 Å². The van der Waals surface area contributed by atoms with Crippen molar-refractivity contribution >= 4 is 5.69 Å². The van der Waals surface area contributed by atoms with E-state index < -0.39 is 0 Å². The molecule has 0 N–H and O–H groups in total. The van der Waals surface area contributed by atoms with Crippen LogP contribution in [0.4, 0.5) is 5.69 Å². The maximum absolute atomic E-state index is 5.16. The molecule has 1 aliphatic heterocycles. The quantitative estimate of drug-likeness (QED) is 0.613. The Kier molecular flexibility index (Phi) is 5.47. The van der Waals surface area contributed by atoms with Crippen molar-refractivity contribution in [2.75, 3.05) is 20.2 Å². The van der Waals surface area contributed by atoms with E-state index in [-0.39, 0.29) is 0 Å². The molecule has 2 aromatic carbocycles. The van der Waals surface area contributed by atoms with Crippen molar-refractivity contribution in [2.24, 2.45) is 10.3 Å². The normalized spacial score (nSPS) is 14.3. The van der Waals surface area contributed by atoms with Crippen molar-refractivity contribution in [1.82, 2.24) is 5.01 Å². The molecular formula is C20H21N3O. The second kappa shape index (κ2) is 8.16. The number of hydrogen-bond acceptors (Lipinski definition) is 3. The lowest BCUT2D eigenvalue weighted by Crippen LogP contribution is -2.23. The van der Waals surface area contributed by atoms with E-state index in [1.807, 2.05) is 53.5 Å². The molecule has 0 radical (unpaired) electrons. The first-order chi connectivity index (χ1) is 11.8. The highest BCUT2D eigenvalue weighted by Gasteiger charge is 2.07. The van der Waals surface area contributed by atoms with Crippen LogP contribution in [0.15, 0.2) is 58.9 Å². The molecule has 1 heterocycles. The smallest absolute Gasteiger partial charge is 0.118 e. The maximum Gasteiger partial charge on any atom is 0.118 e. The van der Waals surface area contributed by atoms with Gasteiger partial charge in [0.15, 0.2) is 0 Å². The van der Waals surface area contributed by atoms with Crippen molar-refractivity contribution in [1.29, 1.82) is 0 Å². The summed E-state index contributed by atoms with van der Waals surface area (Å²) in [4.78, 5) is 0. The van der Waals surface area contributed by atoms with E-state index in [0.29, 0.717) is 0 Å². The third-order valence-corrected chi connectivity index (χ3v) is 3.95. The summed E-state index contributed by atoms with van der Waals surface area (Å²) in [6.45, 7) is 1.98. The van der Waals surface area contributed by atoms with Gasteiger partial charge < -0.3 is 4.74 Å². The van der Waals surface area contributed by atoms with Crippen LogP contribution in [0.1, 0.15) is 30.4 Å². The Morgan fingerprint density at radius 3 is 2.42 bits per heavy atom. The Morgan fingerprint density at radius 1 is 0.917 bits per heavy atom. The van der Waals surface area contributed by atoms with Crippen LogP contribution < -0.4 is 4.74 Å². The summed E-state index contributed by atoms with van der Waals surface area (Å²) in [5.41, 5.74) is 2.64. The molecule has 0 atom stereocenters. The SMILES string of the molecule is COc1ccc(C#Cc2ccccc2N=NN2CCCCC2)cc1. The minimum atomic E-state index is 0.809. The van der Waals surface area contributed by atoms with E-state index in [0.717, 1.165) is 35.7 Å². The largest absolute Gasteiger partial charge is 0.497 e. The number of methoxy groups -OCH3 is 1. The van der Waals surface area contributed by atoms with Crippen LogP contribution in [-0.4, -0.2) is 25.2 Å². The maximum atomic E-state index is 5.16. The molecule has 0 spiro atoms. The Labute approximate surface area is 143 Å². The molecule has 122 valence electrons. The van der Waals surface area contributed by atoms with E-state index in [9.17, 15) is 0 Å². The minimum absolute atomic E-state index is 0.809. The van der Waals surface area contributed by atoms with Crippen LogP contribution in [0.25, 0.3) is 0 Å². The van der Waals surface area contributed by atoms with Gasteiger partial charge in [-0.05, 0) is 55.7 Å². The third-order valence-electron chi connectivity index (χ3n) is 3.95. The number of benzene rings is 2. The molecule has 3 rings (SSSR count). The average molecular weight is 319 g/mol. The molecule has 4 heteroatoms. The molecule has 2 aromatic rings. The van der Waals surface area contributed by atoms with E-state index in [1.165, 1.54) is 19.3 Å². The summed E-state index contributed by atoms with van der Waals surface area (Å²) < 4.78 is 5.16. The standard InChI is InChI=1S/C20H21N3O/c1-24-19-13-10-17(11-14-19)9-12-18-7-3-4-8-20(18)21-22-23-15-5-2-6-16-23/h3-4,7-8,10-11,13-14H,2,5-6,15-16H2,1H3. The predicted octanol–water partition coefficient (Wildman–Crippen LogP) is 4.58. The first-order valence-electron chi connectivity index (χ1n) is 8.27. The summed E-state index contributed by atoms with van der Waals surface area (Å²) in [6, 6.07) is 15.6. The summed E-state index contributed by atoms with van der Waals surface area (Å²) in [7, 11) is 1.66. The van der Waals surface area contributed by atoms with Crippen molar-refractivity contribution in [3.8, 4) is 17.6 Å².